The van der Waals surface area contributed by atoms with Gasteiger partial charge in [-0.15, -0.1) is 0 Å². The van der Waals surface area contributed by atoms with Crippen molar-refractivity contribution in [2.45, 2.75) is 26.4 Å². The Morgan fingerprint density at radius 3 is 2.79 bits per heavy atom. The van der Waals surface area contributed by atoms with E-state index in [1.54, 1.807) is 6.07 Å². The summed E-state index contributed by atoms with van der Waals surface area (Å²) in [6.45, 7) is 4.19. The van der Waals surface area contributed by atoms with E-state index in [1.807, 2.05) is 0 Å². The van der Waals surface area contributed by atoms with Gasteiger partial charge in [-0.05, 0) is 41.5 Å². The SMILES string of the molecule is CC(C)C1Cc2ccc(F)cc2C1O. The summed E-state index contributed by atoms with van der Waals surface area (Å²) < 4.78 is 13.0. The van der Waals surface area contributed by atoms with E-state index in [-0.39, 0.29) is 11.7 Å². The lowest BCUT2D eigenvalue weighted by atomic mass is 9.91. The van der Waals surface area contributed by atoms with Crippen LogP contribution in [0.2, 0.25) is 0 Å². The molecule has 2 rings (SSSR count). The Kier molecular flexibility index (Phi) is 2.31. The van der Waals surface area contributed by atoms with E-state index in [0.29, 0.717) is 5.92 Å². The van der Waals surface area contributed by atoms with Crippen LogP contribution in [0, 0.1) is 17.7 Å². The number of hydrogen-bond acceptors (Lipinski definition) is 1. The fraction of sp³-hybridized carbons (Fsp3) is 0.500. The molecule has 2 atom stereocenters. The van der Waals surface area contributed by atoms with Crippen LogP contribution in [0.25, 0.3) is 0 Å². The molecule has 2 unspecified atom stereocenters. The lowest BCUT2D eigenvalue weighted by Crippen LogP contribution is -2.13. The molecule has 0 heterocycles. The number of fused-ring (bicyclic) bond motifs is 1. The predicted molar refractivity (Wildman–Crippen MR) is 53.4 cm³/mol. The molecule has 0 fully saturated rings. The van der Waals surface area contributed by atoms with Gasteiger partial charge in [-0.1, -0.05) is 19.9 Å². The van der Waals surface area contributed by atoms with Gasteiger partial charge in [-0.25, -0.2) is 4.39 Å². The van der Waals surface area contributed by atoms with Gasteiger partial charge in [0.2, 0.25) is 0 Å². The normalized spacial score (nSPS) is 25.5. The van der Waals surface area contributed by atoms with Crippen LogP contribution < -0.4 is 0 Å². The van der Waals surface area contributed by atoms with Gasteiger partial charge in [0.05, 0.1) is 6.10 Å². The molecule has 14 heavy (non-hydrogen) atoms. The van der Waals surface area contributed by atoms with E-state index in [9.17, 15) is 9.50 Å². The molecule has 0 aliphatic heterocycles. The van der Waals surface area contributed by atoms with Crippen molar-refractivity contribution in [2.24, 2.45) is 11.8 Å². The topological polar surface area (TPSA) is 20.2 Å². The summed E-state index contributed by atoms with van der Waals surface area (Å²) in [4.78, 5) is 0. The third-order valence-corrected chi connectivity index (χ3v) is 3.14. The molecule has 1 nitrogen and oxygen atoms in total. The number of rotatable bonds is 1. The standard InChI is InChI=1S/C12H15FO/c1-7(2)10-5-8-3-4-9(13)6-11(8)12(10)14/h3-4,6-7,10,12,14H,5H2,1-2H3. The molecule has 0 bridgehead atoms. The monoisotopic (exact) mass is 194 g/mol. The van der Waals surface area contributed by atoms with Crippen LogP contribution in [-0.2, 0) is 6.42 Å². The average Bonchev–Trinajstić information content (AvgIpc) is 2.44. The molecule has 0 aromatic heterocycles. The quantitative estimate of drug-likeness (QED) is 0.728. The predicted octanol–water partition coefficient (Wildman–Crippen LogP) is 2.69. The van der Waals surface area contributed by atoms with Crippen LogP contribution in [0.3, 0.4) is 0 Å². The first kappa shape index (κ1) is 9.66. The number of aliphatic hydroxyl groups is 1. The molecule has 1 aliphatic rings. The second-order valence-electron chi connectivity index (χ2n) is 4.40. The lowest BCUT2D eigenvalue weighted by molar-refractivity contribution is 0.0966. The fourth-order valence-corrected chi connectivity index (χ4v) is 2.22. The molecule has 0 saturated heterocycles. The molecule has 0 spiro atoms. The Morgan fingerprint density at radius 1 is 1.43 bits per heavy atom. The molecule has 0 saturated carbocycles. The van der Waals surface area contributed by atoms with Gasteiger partial charge in [0, 0.05) is 0 Å². The van der Waals surface area contributed by atoms with Crippen LogP contribution in [0.4, 0.5) is 4.39 Å². The van der Waals surface area contributed by atoms with E-state index in [1.165, 1.54) is 12.1 Å². The van der Waals surface area contributed by atoms with Crippen molar-refractivity contribution in [3.63, 3.8) is 0 Å². The Hall–Kier alpha value is -0.890. The maximum atomic E-state index is 13.0. The minimum Gasteiger partial charge on any atom is -0.388 e. The summed E-state index contributed by atoms with van der Waals surface area (Å²) in [6, 6.07) is 4.72. The summed E-state index contributed by atoms with van der Waals surface area (Å²) in [5, 5.41) is 9.97. The maximum Gasteiger partial charge on any atom is 0.123 e. The zero-order valence-corrected chi connectivity index (χ0v) is 8.50. The highest BCUT2D eigenvalue weighted by Gasteiger charge is 2.32. The van der Waals surface area contributed by atoms with Gasteiger partial charge in [-0.3, -0.25) is 0 Å². The van der Waals surface area contributed by atoms with Gasteiger partial charge in [-0.2, -0.15) is 0 Å². The second-order valence-corrected chi connectivity index (χ2v) is 4.40. The highest BCUT2D eigenvalue weighted by atomic mass is 19.1. The largest absolute Gasteiger partial charge is 0.388 e. The number of hydrogen-bond donors (Lipinski definition) is 1. The fourth-order valence-electron chi connectivity index (χ4n) is 2.22. The van der Waals surface area contributed by atoms with Gasteiger partial charge >= 0.3 is 0 Å². The van der Waals surface area contributed by atoms with E-state index in [0.717, 1.165) is 17.5 Å². The van der Waals surface area contributed by atoms with Crippen LogP contribution in [0.1, 0.15) is 31.1 Å². The van der Waals surface area contributed by atoms with Crippen molar-refractivity contribution in [3.8, 4) is 0 Å². The number of benzene rings is 1. The Morgan fingerprint density at radius 2 is 2.14 bits per heavy atom. The molecule has 0 amide bonds. The van der Waals surface area contributed by atoms with Gasteiger partial charge < -0.3 is 5.11 Å². The van der Waals surface area contributed by atoms with Crippen molar-refractivity contribution in [2.75, 3.05) is 0 Å². The van der Waals surface area contributed by atoms with Crippen LogP contribution in [0.15, 0.2) is 18.2 Å². The highest BCUT2D eigenvalue weighted by molar-refractivity contribution is 5.35. The summed E-state index contributed by atoms with van der Waals surface area (Å²) in [6.07, 6.45) is 0.384. The zero-order valence-electron chi connectivity index (χ0n) is 8.50. The van der Waals surface area contributed by atoms with Gasteiger partial charge in [0.15, 0.2) is 0 Å². The number of aliphatic hydroxyl groups excluding tert-OH is 1. The van der Waals surface area contributed by atoms with E-state index >= 15 is 0 Å². The third-order valence-electron chi connectivity index (χ3n) is 3.14. The molecule has 2 heteroatoms. The summed E-state index contributed by atoms with van der Waals surface area (Å²) >= 11 is 0. The van der Waals surface area contributed by atoms with Crippen molar-refractivity contribution in [1.82, 2.24) is 0 Å². The number of halogens is 1. The van der Waals surface area contributed by atoms with Crippen LogP contribution in [-0.4, -0.2) is 5.11 Å². The van der Waals surface area contributed by atoms with Crippen molar-refractivity contribution >= 4 is 0 Å². The van der Waals surface area contributed by atoms with Gasteiger partial charge in [0.25, 0.3) is 0 Å². The second kappa shape index (κ2) is 3.35. The lowest BCUT2D eigenvalue weighted by Gasteiger charge is -2.18. The maximum absolute atomic E-state index is 13.0. The molecule has 76 valence electrons. The Labute approximate surface area is 83.6 Å². The molecule has 1 aromatic rings. The van der Waals surface area contributed by atoms with Crippen LogP contribution in [0.5, 0.6) is 0 Å². The van der Waals surface area contributed by atoms with Crippen molar-refractivity contribution in [1.29, 1.82) is 0 Å². The molecular formula is C12H15FO. The first-order valence-electron chi connectivity index (χ1n) is 5.06. The molecular weight excluding hydrogens is 179 g/mol. The third kappa shape index (κ3) is 1.44. The molecule has 1 aromatic carbocycles. The van der Waals surface area contributed by atoms with Crippen molar-refractivity contribution < 1.29 is 9.50 Å². The summed E-state index contributed by atoms with van der Waals surface area (Å²) in [5.41, 5.74) is 1.88. The first-order chi connectivity index (χ1) is 6.59. The van der Waals surface area contributed by atoms with E-state index in [2.05, 4.69) is 13.8 Å². The zero-order chi connectivity index (χ0) is 10.3. The highest BCUT2D eigenvalue weighted by Crippen LogP contribution is 2.40. The summed E-state index contributed by atoms with van der Waals surface area (Å²) in [5.74, 6) is 0.416. The Bertz CT molecular complexity index is 346. The minimum atomic E-state index is -0.485. The average molecular weight is 194 g/mol. The van der Waals surface area contributed by atoms with Gasteiger partial charge in [0.1, 0.15) is 5.82 Å². The minimum absolute atomic E-state index is 0.242. The molecule has 1 N–H and O–H groups in total. The first-order valence-corrected chi connectivity index (χ1v) is 5.06. The molecule has 1 aliphatic carbocycles. The summed E-state index contributed by atoms with van der Waals surface area (Å²) in [7, 11) is 0. The van der Waals surface area contributed by atoms with Crippen LogP contribution >= 0.6 is 0 Å². The van der Waals surface area contributed by atoms with E-state index in [4.69, 9.17) is 0 Å². The van der Waals surface area contributed by atoms with Crippen molar-refractivity contribution in [3.05, 3.63) is 35.1 Å². The molecule has 0 radical (unpaired) electrons. The Balaban J connectivity index is 2.36. The van der Waals surface area contributed by atoms with E-state index < -0.39 is 6.10 Å². The smallest absolute Gasteiger partial charge is 0.123 e.